The van der Waals surface area contributed by atoms with Crippen LogP contribution in [0.25, 0.3) is 11.0 Å². The molecule has 0 radical (unpaired) electrons. The van der Waals surface area contributed by atoms with Crippen molar-refractivity contribution in [1.29, 1.82) is 0 Å². The second kappa shape index (κ2) is 10.8. The maximum Gasteiger partial charge on any atom is 0.180 e. The smallest absolute Gasteiger partial charge is 0.180 e. The van der Waals surface area contributed by atoms with Crippen molar-refractivity contribution in [3.63, 3.8) is 0 Å². The van der Waals surface area contributed by atoms with Crippen molar-refractivity contribution in [2.45, 2.75) is 32.4 Å². The normalized spacial score (nSPS) is 24.2. The number of piperazine rings is 2. The fraction of sp³-hybridized carbons (Fsp3) is 0.552. The first kappa shape index (κ1) is 23.8. The Morgan fingerprint density at radius 1 is 0.917 bits per heavy atom. The number of anilines is 1. The van der Waals surface area contributed by atoms with Crippen LogP contribution >= 0.6 is 0 Å². The Morgan fingerprint density at radius 2 is 1.78 bits per heavy atom. The Morgan fingerprint density at radius 3 is 2.67 bits per heavy atom. The molecule has 192 valence electrons. The van der Waals surface area contributed by atoms with E-state index in [4.69, 9.17) is 9.26 Å². The van der Waals surface area contributed by atoms with Gasteiger partial charge in [-0.15, -0.1) is 0 Å². The van der Waals surface area contributed by atoms with Gasteiger partial charge in [-0.25, -0.2) is 0 Å². The number of benzene rings is 2. The number of rotatable bonds is 7. The lowest BCUT2D eigenvalue weighted by Gasteiger charge is -2.46. The van der Waals surface area contributed by atoms with E-state index in [0.717, 1.165) is 81.5 Å². The number of hydrogen-bond donors (Lipinski definition) is 0. The molecule has 0 saturated carbocycles. The predicted octanol–water partition coefficient (Wildman–Crippen LogP) is 3.94. The zero-order valence-electron chi connectivity index (χ0n) is 21.5. The average Bonchev–Trinajstić information content (AvgIpc) is 3.36. The van der Waals surface area contributed by atoms with Crippen LogP contribution in [0.1, 0.15) is 25.3 Å². The first-order valence-corrected chi connectivity index (χ1v) is 13.7. The summed E-state index contributed by atoms with van der Waals surface area (Å²) in [5.41, 5.74) is 2.23. The summed E-state index contributed by atoms with van der Waals surface area (Å²) in [7, 11) is 0. The van der Waals surface area contributed by atoms with E-state index in [-0.39, 0.29) is 0 Å². The third-order valence-corrected chi connectivity index (χ3v) is 8.37. The van der Waals surface area contributed by atoms with Crippen LogP contribution in [0.5, 0.6) is 5.75 Å². The summed E-state index contributed by atoms with van der Waals surface area (Å²) in [6.45, 7) is 14.1. The molecule has 36 heavy (non-hydrogen) atoms. The minimum absolute atomic E-state index is 0.585. The lowest BCUT2D eigenvalue weighted by Crippen LogP contribution is -2.57. The first-order chi connectivity index (χ1) is 17.7. The maximum absolute atomic E-state index is 6.33. The van der Waals surface area contributed by atoms with Gasteiger partial charge in [-0.3, -0.25) is 9.80 Å². The first-order valence-electron chi connectivity index (χ1n) is 13.7. The van der Waals surface area contributed by atoms with E-state index >= 15 is 0 Å². The number of ether oxygens (including phenoxy) is 1. The summed E-state index contributed by atoms with van der Waals surface area (Å²) in [5.74, 6) is 2.61. The molecule has 2 atom stereocenters. The summed E-state index contributed by atoms with van der Waals surface area (Å²) in [6.07, 6.45) is 2.43. The molecule has 3 aliphatic rings. The summed E-state index contributed by atoms with van der Waals surface area (Å²) in [6, 6.07) is 17.5. The summed E-state index contributed by atoms with van der Waals surface area (Å²) >= 11 is 0. The highest BCUT2D eigenvalue weighted by atomic mass is 16.5. The zero-order chi connectivity index (χ0) is 24.3. The van der Waals surface area contributed by atoms with Gasteiger partial charge < -0.3 is 19.1 Å². The summed E-state index contributed by atoms with van der Waals surface area (Å²) in [4.78, 5) is 10.2. The monoisotopic (exact) mass is 489 g/mol. The van der Waals surface area contributed by atoms with E-state index < -0.39 is 0 Å². The molecule has 2 aromatic carbocycles. The highest BCUT2D eigenvalue weighted by Crippen LogP contribution is 2.31. The molecule has 0 aliphatic carbocycles. The van der Waals surface area contributed by atoms with Crippen molar-refractivity contribution < 1.29 is 9.26 Å². The van der Waals surface area contributed by atoms with Gasteiger partial charge in [0.25, 0.3) is 0 Å². The Balaban J connectivity index is 0.990. The van der Waals surface area contributed by atoms with Gasteiger partial charge in [0, 0.05) is 70.9 Å². The topological polar surface area (TPSA) is 48.2 Å². The minimum atomic E-state index is 0.585. The molecule has 3 fully saturated rings. The fourth-order valence-corrected chi connectivity index (χ4v) is 6.16. The third-order valence-electron chi connectivity index (χ3n) is 8.37. The van der Waals surface area contributed by atoms with Gasteiger partial charge in [0.2, 0.25) is 0 Å². The highest BCUT2D eigenvalue weighted by Gasteiger charge is 2.34. The summed E-state index contributed by atoms with van der Waals surface area (Å²) in [5, 5.41) is 5.52. The molecule has 0 unspecified atom stereocenters. The van der Waals surface area contributed by atoms with Gasteiger partial charge in [0.05, 0.1) is 12.0 Å². The van der Waals surface area contributed by atoms with Gasteiger partial charge >= 0.3 is 0 Å². The lowest BCUT2D eigenvalue weighted by molar-refractivity contribution is 0.0726. The second-order valence-corrected chi connectivity index (χ2v) is 10.7. The molecular formula is C29H39N5O2. The largest absolute Gasteiger partial charge is 0.493 e. The van der Waals surface area contributed by atoms with Crippen LogP contribution in [-0.2, 0) is 6.54 Å². The minimum Gasteiger partial charge on any atom is -0.493 e. The number of nitrogens with zero attached hydrogens (tertiary/aromatic N) is 5. The van der Waals surface area contributed by atoms with Crippen molar-refractivity contribution in [3.05, 3.63) is 54.1 Å². The molecule has 3 aromatic rings. The van der Waals surface area contributed by atoms with E-state index in [2.05, 4.69) is 68.1 Å². The Bertz CT molecular complexity index is 1140. The maximum atomic E-state index is 6.33. The predicted molar refractivity (Wildman–Crippen MR) is 144 cm³/mol. The molecule has 7 heteroatoms. The van der Waals surface area contributed by atoms with Crippen molar-refractivity contribution in [3.8, 4) is 5.75 Å². The molecule has 6 rings (SSSR count). The Hall–Kier alpha value is -2.61. The number of fused-ring (bicyclic) bond motifs is 2. The van der Waals surface area contributed by atoms with E-state index in [1.54, 1.807) is 0 Å². The number of piperidine rings is 1. The Labute approximate surface area is 214 Å². The lowest BCUT2D eigenvalue weighted by atomic mass is 9.91. The van der Waals surface area contributed by atoms with E-state index in [1.807, 2.05) is 12.1 Å². The molecule has 0 bridgehead atoms. The molecule has 7 nitrogen and oxygen atoms in total. The van der Waals surface area contributed by atoms with E-state index in [1.165, 1.54) is 31.5 Å². The van der Waals surface area contributed by atoms with Crippen LogP contribution < -0.4 is 9.64 Å². The molecule has 0 spiro atoms. The zero-order valence-corrected chi connectivity index (χ0v) is 21.5. The number of para-hydroxylation sites is 1. The van der Waals surface area contributed by atoms with E-state index in [0.29, 0.717) is 12.0 Å². The number of hydrogen-bond acceptors (Lipinski definition) is 7. The molecular weight excluding hydrogens is 450 g/mol. The summed E-state index contributed by atoms with van der Waals surface area (Å²) < 4.78 is 11.9. The van der Waals surface area contributed by atoms with Gasteiger partial charge in [0.1, 0.15) is 5.75 Å². The number of likely N-dealkylation sites (N-methyl/N-ethyl adjacent to an activating group) is 1. The fourth-order valence-electron chi connectivity index (χ4n) is 6.16. The van der Waals surface area contributed by atoms with Crippen molar-refractivity contribution in [1.82, 2.24) is 19.9 Å². The second-order valence-electron chi connectivity index (χ2n) is 10.7. The van der Waals surface area contributed by atoms with E-state index in [9.17, 15) is 0 Å². The standard InChI is InChI=1S/C29H39N5O2/c1-2-31-12-14-32(15-13-31)19-23-6-5-7-26(18-23)35-22-24-10-11-25-21-34(17-16-33(25)20-24)29-27-8-3-4-9-28(27)36-30-29/h3-9,18,24-25H,2,10-17,19-22H2,1H3/t24-,25+/m1/s1. The molecule has 0 N–H and O–H groups in total. The average molecular weight is 490 g/mol. The van der Waals surface area contributed by atoms with Crippen LogP contribution in [-0.4, -0.2) is 91.4 Å². The van der Waals surface area contributed by atoms with Crippen molar-refractivity contribution in [2.24, 2.45) is 5.92 Å². The van der Waals surface area contributed by atoms with Crippen LogP contribution in [0.3, 0.4) is 0 Å². The molecule has 1 aromatic heterocycles. The quantitative estimate of drug-likeness (QED) is 0.498. The highest BCUT2D eigenvalue weighted by molar-refractivity contribution is 5.88. The van der Waals surface area contributed by atoms with Crippen LogP contribution in [0.2, 0.25) is 0 Å². The SMILES string of the molecule is CCN1CCN(Cc2cccc(OC[C@@H]3CC[C@H]4CN(c5noc6ccccc56)CCN4C3)c2)CC1. The van der Waals surface area contributed by atoms with Gasteiger partial charge in [0.15, 0.2) is 11.4 Å². The van der Waals surface area contributed by atoms with Gasteiger partial charge in [-0.05, 0) is 49.2 Å². The molecule has 0 amide bonds. The van der Waals surface area contributed by atoms with Crippen LogP contribution in [0, 0.1) is 5.92 Å². The van der Waals surface area contributed by atoms with Gasteiger partial charge in [-0.1, -0.05) is 36.3 Å². The molecule has 3 aliphatic heterocycles. The number of aromatic nitrogens is 1. The molecule has 3 saturated heterocycles. The third kappa shape index (κ3) is 5.24. The Kier molecular flexibility index (Phi) is 7.12. The van der Waals surface area contributed by atoms with Gasteiger partial charge in [-0.2, -0.15) is 0 Å². The molecule has 4 heterocycles. The van der Waals surface area contributed by atoms with Crippen molar-refractivity contribution >= 4 is 16.8 Å². The van der Waals surface area contributed by atoms with Crippen molar-refractivity contribution in [2.75, 3.05) is 70.4 Å². The van der Waals surface area contributed by atoms with Crippen LogP contribution in [0.15, 0.2) is 53.1 Å². The van der Waals surface area contributed by atoms with Crippen LogP contribution in [0.4, 0.5) is 5.82 Å².